The van der Waals surface area contributed by atoms with E-state index in [4.69, 9.17) is 16.2 Å². The van der Waals surface area contributed by atoms with Gasteiger partial charge in [-0.2, -0.15) is 0 Å². The van der Waals surface area contributed by atoms with Gasteiger partial charge in [-0.3, -0.25) is 0 Å². The number of thiazole rings is 2. The van der Waals surface area contributed by atoms with Crippen molar-refractivity contribution in [3.05, 3.63) is 120 Å². The van der Waals surface area contributed by atoms with E-state index in [2.05, 4.69) is 110 Å². The van der Waals surface area contributed by atoms with Gasteiger partial charge in [0.2, 0.25) is 0 Å². The molecule has 0 aliphatic heterocycles. The number of hydrogen-bond acceptors (Lipinski definition) is 12. The summed E-state index contributed by atoms with van der Waals surface area (Å²) in [5.74, 6) is 14.3. The number of ether oxygens (including phenoxy) is 1. The molecule has 1 saturated carbocycles. The molecule has 0 amide bonds. The first-order valence-electron chi connectivity index (χ1n) is 20.4. The van der Waals surface area contributed by atoms with Crippen molar-refractivity contribution in [3.63, 3.8) is 0 Å². The van der Waals surface area contributed by atoms with Crippen LogP contribution in [-0.2, 0) is 6.42 Å². The lowest BCUT2D eigenvalue weighted by atomic mass is 9.99. The first-order chi connectivity index (χ1) is 29.4. The van der Waals surface area contributed by atoms with Gasteiger partial charge in [-0.1, -0.05) is 101 Å². The molecular formula is C48H48N8O2S2. The Morgan fingerprint density at radius 1 is 0.667 bits per heavy atom. The van der Waals surface area contributed by atoms with Gasteiger partial charge in [0, 0.05) is 24.2 Å². The second-order valence-corrected chi connectivity index (χ2v) is 16.9. The third-order valence-corrected chi connectivity index (χ3v) is 12.2. The Kier molecular flexibility index (Phi) is 13.0. The van der Waals surface area contributed by atoms with Gasteiger partial charge in [-0.15, -0.1) is 0 Å². The molecule has 10 nitrogen and oxygen atoms in total. The summed E-state index contributed by atoms with van der Waals surface area (Å²) >= 11 is 2.80. The Hall–Kier alpha value is -6.60. The smallest absolute Gasteiger partial charge is 0.181 e. The van der Waals surface area contributed by atoms with Crippen LogP contribution >= 0.6 is 22.7 Å². The van der Waals surface area contributed by atoms with Gasteiger partial charge >= 0.3 is 0 Å². The number of nitrogen functional groups attached to an aromatic ring is 2. The molecule has 0 radical (unpaired) electrons. The van der Waals surface area contributed by atoms with E-state index in [1.54, 1.807) is 6.07 Å². The molecule has 304 valence electrons. The zero-order chi connectivity index (χ0) is 41.1. The first kappa shape index (κ1) is 40.2. The highest BCUT2D eigenvalue weighted by molar-refractivity contribution is 7.22. The molecule has 9 N–H and O–H groups in total. The SMILES string of the molecule is Nc1nc2c(O)cc(C#CCNc3ccccc3NCCCC3CCCC3Oc3cc(C#CCNc4ccccc4NCCc4ccccc4)cc4sc(N)nc34)cc2s1. The van der Waals surface area contributed by atoms with E-state index in [9.17, 15) is 5.11 Å². The number of nitrogens with two attached hydrogens (primary N) is 2. The summed E-state index contributed by atoms with van der Waals surface area (Å²) < 4.78 is 8.60. The summed E-state index contributed by atoms with van der Waals surface area (Å²) in [4.78, 5) is 8.82. The molecule has 1 aliphatic carbocycles. The number of benzene rings is 5. The van der Waals surface area contributed by atoms with E-state index < -0.39 is 0 Å². The Labute approximate surface area is 358 Å². The maximum Gasteiger partial charge on any atom is 0.181 e. The number of hydrogen-bond donors (Lipinski definition) is 7. The topological polar surface area (TPSA) is 155 Å². The number of phenolic OH excluding ortho intramolecular Hbond substituents is 1. The minimum Gasteiger partial charge on any atom is -0.506 e. The molecule has 12 heteroatoms. The number of aromatic nitrogens is 2. The second-order valence-electron chi connectivity index (χ2n) is 14.7. The molecule has 0 saturated heterocycles. The highest BCUT2D eigenvalue weighted by atomic mass is 32.1. The number of para-hydroxylation sites is 4. The summed E-state index contributed by atoms with van der Waals surface area (Å²) in [6.45, 7) is 2.63. The molecule has 5 aromatic carbocycles. The van der Waals surface area contributed by atoms with E-state index in [1.165, 1.54) is 28.2 Å². The molecule has 1 aliphatic rings. The number of anilines is 6. The summed E-state index contributed by atoms with van der Waals surface area (Å²) in [5.41, 5.74) is 20.4. The van der Waals surface area contributed by atoms with Gasteiger partial charge in [0.25, 0.3) is 0 Å². The van der Waals surface area contributed by atoms with Crippen LogP contribution in [0, 0.1) is 29.6 Å². The quantitative estimate of drug-likeness (QED) is 0.0392. The standard InChI is InChI=1S/C48H48N8O2S2/c49-47-55-45-40(57)28-33(30-43(45)59-47)14-9-24-51-36-18-4-5-19-37(36)53-26-11-17-35-16-8-22-41(35)58-42-29-34(31-44-46(42)56-48(50)60-44)15-10-25-52-38-20-6-7-21-39(38)54-27-23-32-12-2-1-3-13-32/h1-7,12-13,18-21,28-31,35,41,51-54,57H,8,11,16-17,22-27H2,(H2,49,55)(H2,50,56). The Morgan fingerprint density at radius 2 is 1.23 bits per heavy atom. The maximum atomic E-state index is 10.3. The molecule has 8 rings (SSSR count). The van der Waals surface area contributed by atoms with Crippen LogP contribution in [0.15, 0.2) is 103 Å². The molecule has 2 unspecified atom stereocenters. The number of nitrogens with one attached hydrogen (secondary N) is 4. The number of nitrogens with zero attached hydrogens (tertiary/aromatic N) is 2. The minimum absolute atomic E-state index is 0.0882. The number of aromatic hydroxyl groups is 1. The third kappa shape index (κ3) is 10.3. The maximum absolute atomic E-state index is 10.3. The van der Waals surface area contributed by atoms with Crippen LogP contribution in [0.1, 0.15) is 48.8 Å². The molecule has 2 heterocycles. The van der Waals surface area contributed by atoms with Crippen LogP contribution in [0.25, 0.3) is 20.4 Å². The van der Waals surface area contributed by atoms with Crippen LogP contribution in [0.4, 0.5) is 33.0 Å². The predicted molar refractivity (Wildman–Crippen MR) is 251 cm³/mol. The van der Waals surface area contributed by atoms with Crippen LogP contribution in [0.3, 0.4) is 0 Å². The van der Waals surface area contributed by atoms with Gasteiger partial charge in [0.05, 0.1) is 45.2 Å². The highest BCUT2D eigenvalue weighted by Crippen LogP contribution is 2.38. The molecule has 2 atom stereocenters. The van der Waals surface area contributed by atoms with E-state index in [0.29, 0.717) is 34.8 Å². The molecule has 0 spiro atoms. The van der Waals surface area contributed by atoms with Crippen molar-refractivity contribution in [2.45, 2.75) is 44.6 Å². The van der Waals surface area contributed by atoms with Crippen molar-refractivity contribution in [3.8, 4) is 35.2 Å². The lowest BCUT2D eigenvalue weighted by Crippen LogP contribution is -2.22. The van der Waals surface area contributed by atoms with Crippen molar-refractivity contribution in [2.24, 2.45) is 5.92 Å². The minimum atomic E-state index is 0.0882. The number of fused-ring (bicyclic) bond motifs is 2. The average molecular weight is 833 g/mol. The van der Waals surface area contributed by atoms with Gasteiger partial charge in [-0.25, -0.2) is 9.97 Å². The van der Waals surface area contributed by atoms with Gasteiger partial charge in [0.15, 0.2) is 10.3 Å². The van der Waals surface area contributed by atoms with Crippen LogP contribution < -0.4 is 37.5 Å². The van der Waals surface area contributed by atoms with Crippen molar-refractivity contribution >= 4 is 76.1 Å². The fourth-order valence-electron chi connectivity index (χ4n) is 7.66. The molecule has 7 aromatic rings. The summed E-state index contributed by atoms with van der Waals surface area (Å²) in [6, 6.07) is 34.6. The van der Waals surface area contributed by atoms with Crippen molar-refractivity contribution < 1.29 is 9.84 Å². The zero-order valence-corrected chi connectivity index (χ0v) is 34.9. The summed E-state index contributed by atoms with van der Waals surface area (Å²) in [7, 11) is 0. The molecule has 60 heavy (non-hydrogen) atoms. The zero-order valence-electron chi connectivity index (χ0n) is 33.3. The van der Waals surface area contributed by atoms with Crippen molar-refractivity contribution in [1.29, 1.82) is 0 Å². The van der Waals surface area contributed by atoms with Gasteiger partial charge in [0.1, 0.15) is 28.6 Å². The first-order valence-corrected chi connectivity index (χ1v) is 22.0. The predicted octanol–water partition coefficient (Wildman–Crippen LogP) is 9.80. The fourth-order valence-corrected chi connectivity index (χ4v) is 9.24. The van der Waals surface area contributed by atoms with E-state index in [1.807, 2.05) is 42.5 Å². The molecule has 2 aromatic heterocycles. The molecular weight excluding hydrogens is 785 g/mol. The fraction of sp³-hybridized carbons (Fsp3) is 0.250. The van der Waals surface area contributed by atoms with Gasteiger partial charge < -0.3 is 42.6 Å². The lowest BCUT2D eigenvalue weighted by molar-refractivity contribution is 0.154. The van der Waals surface area contributed by atoms with Crippen LogP contribution in [-0.4, -0.2) is 47.4 Å². The van der Waals surface area contributed by atoms with E-state index in [0.717, 1.165) is 106 Å². The number of rotatable bonds is 15. The van der Waals surface area contributed by atoms with Gasteiger partial charge in [-0.05, 0) is 98.5 Å². The van der Waals surface area contributed by atoms with Crippen LogP contribution in [0.2, 0.25) is 0 Å². The molecule has 1 fully saturated rings. The van der Waals surface area contributed by atoms with Crippen molar-refractivity contribution in [2.75, 3.05) is 58.9 Å². The van der Waals surface area contributed by atoms with Crippen LogP contribution in [0.5, 0.6) is 11.5 Å². The lowest BCUT2D eigenvalue weighted by Gasteiger charge is -2.22. The summed E-state index contributed by atoms with van der Waals surface area (Å²) in [6.07, 6.45) is 6.41. The largest absolute Gasteiger partial charge is 0.506 e. The Morgan fingerprint density at radius 3 is 1.90 bits per heavy atom. The van der Waals surface area contributed by atoms with E-state index in [-0.39, 0.29) is 11.9 Å². The Balaban J connectivity index is 0.834. The normalized spacial score (nSPS) is 14.5. The summed E-state index contributed by atoms with van der Waals surface area (Å²) in [5, 5.41) is 25.4. The Bertz CT molecular complexity index is 2690. The van der Waals surface area contributed by atoms with E-state index >= 15 is 0 Å². The number of phenols is 1. The molecule has 0 bridgehead atoms. The third-order valence-electron chi connectivity index (χ3n) is 10.5. The van der Waals surface area contributed by atoms with Crippen molar-refractivity contribution in [1.82, 2.24) is 9.97 Å². The highest BCUT2D eigenvalue weighted by Gasteiger charge is 2.29. The second kappa shape index (κ2) is 19.4. The monoisotopic (exact) mass is 832 g/mol. The average Bonchev–Trinajstić information content (AvgIpc) is 3.98.